The van der Waals surface area contributed by atoms with Crippen LogP contribution in [-0.4, -0.2) is 5.11 Å². The Labute approximate surface area is 131 Å². The Morgan fingerprint density at radius 3 is 2.23 bits per heavy atom. The van der Waals surface area contributed by atoms with Crippen LogP contribution in [0.5, 0.6) is 5.75 Å². The predicted octanol–water partition coefficient (Wildman–Crippen LogP) is 5.68. The standard InChI is InChI=1S/C21H20O/c1-2-7-17-12-13-20(22)15-21(17)19-11-6-10-18(14-19)16-8-4-3-5-9-16/h3-6,8-15,22H,2,7H2,1H3. The van der Waals surface area contributed by atoms with Crippen molar-refractivity contribution in [3.8, 4) is 28.0 Å². The number of benzene rings is 3. The number of hydrogen-bond donors (Lipinski definition) is 1. The molecule has 0 heterocycles. The summed E-state index contributed by atoms with van der Waals surface area (Å²) in [6, 6.07) is 24.6. The first kappa shape index (κ1) is 14.4. The summed E-state index contributed by atoms with van der Waals surface area (Å²) in [7, 11) is 0. The van der Waals surface area contributed by atoms with E-state index in [0.29, 0.717) is 5.75 Å². The summed E-state index contributed by atoms with van der Waals surface area (Å²) in [5.74, 6) is 0.319. The minimum absolute atomic E-state index is 0.319. The van der Waals surface area contributed by atoms with E-state index >= 15 is 0 Å². The highest BCUT2D eigenvalue weighted by atomic mass is 16.3. The van der Waals surface area contributed by atoms with E-state index in [1.807, 2.05) is 18.2 Å². The molecule has 22 heavy (non-hydrogen) atoms. The van der Waals surface area contributed by atoms with Crippen molar-refractivity contribution in [1.29, 1.82) is 0 Å². The van der Waals surface area contributed by atoms with Gasteiger partial charge in [-0.05, 0) is 52.4 Å². The molecule has 0 saturated carbocycles. The molecule has 3 rings (SSSR count). The molecule has 0 aromatic heterocycles. The highest BCUT2D eigenvalue weighted by Crippen LogP contribution is 2.31. The molecular weight excluding hydrogens is 268 g/mol. The molecule has 1 heteroatoms. The summed E-state index contributed by atoms with van der Waals surface area (Å²) in [6.45, 7) is 2.18. The Bertz CT molecular complexity index is 760. The largest absolute Gasteiger partial charge is 0.508 e. The van der Waals surface area contributed by atoms with Crippen LogP contribution in [0.4, 0.5) is 0 Å². The van der Waals surface area contributed by atoms with Gasteiger partial charge in [0.15, 0.2) is 0 Å². The van der Waals surface area contributed by atoms with Gasteiger partial charge < -0.3 is 5.11 Å². The molecule has 0 radical (unpaired) electrons. The van der Waals surface area contributed by atoms with E-state index in [0.717, 1.165) is 24.0 Å². The van der Waals surface area contributed by atoms with E-state index in [-0.39, 0.29) is 0 Å². The van der Waals surface area contributed by atoms with Gasteiger partial charge in [0.05, 0.1) is 0 Å². The monoisotopic (exact) mass is 288 g/mol. The van der Waals surface area contributed by atoms with Crippen LogP contribution in [0.3, 0.4) is 0 Å². The van der Waals surface area contributed by atoms with Crippen LogP contribution >= 0.6 is 0 Å². The molecule has 0 aliphatic heterocycles. The van der Waals surface area contributed by atoms with Crippen molar-refractivity contribution in [2.24, 2.45) is 0 Å². The van der Waals surface area contributed by atoms with Crippen molar-refractivity contribution in [3.63, 3.8) is 0 Å². The fraction of sp³-hybridized carbons (Fsp3) is 0.143. The zero-order valence-corrected chi connectivity index (χ0v) is 12.8. The van der Waals surface area contributed by atoms with E-state index in [1.54, 1.807) is 6.07 Å². The number of phenolic OH excluding ortho intramolecular Hbond substituents is 1. The molecule has 0 saturated heterocycles. The fourth-order valence-electron chi connectivity index (χ4n) is 2.82. The van der Waals surface area contributed by atoms with Gasteiger partial charge in [-0.3, -0.25) is 0 Å². The van der Waals surface area contributed by atoms with Crippen molar-refractivity contribution in [1.82, 2.24) is 0 Å². The molecule has 0 amide bonds. The molecule has 0 atom stereocenters. The van der Waals surface area contributed by atoms with Crippen molar-refractivity contribution < 1.29 is 5.11 Å². The van der Waals surface area contributed by atoms with Crippen molar-refractivity contribution in [2.75, 3.05) is 0 Å². The molecule has 0 bridgehead atoms. The minimum Gasteiger partial charge on any atom is -0.508 e. The third kappa shape index (κ3) is 3.04. The highest BCUT2D eigenvalue weighted by Gasteiger charge is 2.07. The van der Waals surface area contributed by atoms with Crippen LogP contribution in [-0.2, 0) is 6.42 Å². The third-order valence-corrected chi connectivity index (χ3v) is 3.89. The molecule has 0 aliphatic carbocycles. The van der Waals surface area contributed by atoms with Gasteiger partial charge in [-0.2, -0.15) is 0 Å². The second kappa shape index (κ2) is 6.48. The smallest absolute Gasteiger partial charge is 0.116 e. The lowest BCUT2D eigenvalue weighted by atomic mass is 9.94. The summed E-state index contributed by atoms with van der Waals surface area (Å²) >= 11 is 0. The summed E-state index contributed by atoms with van der Waals surface area (Å²) in [6.07, 6.45) is 2.11. The number of phenols is 1. The van der Waals surface area contributed by atoms with Gasteiger partial charge >= 0.3 is 0 Å². The first-order valence-electron chi connectivity index (χ1n) is 7.75. The fourth-order valence-corrected chi connectivity index (χ4v) is 2.82. The molecule has 0 spiro atoms. The van der Waals surface area contributed by atoms with Crippen LogP contribution in [0.2, 0.25) is 0 Å². The Morgan fingerprint density at radius 1 is 0.727 bits per heavy atom. The van der Waals surface area contributed by atoms with Crippen LogP contribution in [0.25, 0.3) is 22.3 Å². The lowest BCUT2D eigenvalue weighted by Gasteiger charge is -2.11. The van der Waals surface area contributed by atoms with E-state index < -0.39 is 0 Å². The maximum absolute atomic E-state index is 9.85. The SMILES string of the molecule is CCCc1ccc(O)cc1-c1cccc(-c2ccccc2)c1. The topological polar surface area (TPSA) is 20.2 Å². The average molecular weight is 288 g/mol. The molecule has 0 aliphatic rings. The van der Waals surface area contributed by atoms with E-state index in [1.165, 1.54) is 16.7 Å². The minimum atomic E-state index is 0.319. The second-order valence-electron chi connectivity index (χ2n) is 5.54. The first-order chi connectivity index (χ1) is 10.8. The molecule has 1 nitrogen and oxygen atoms in total. The van der Waals surface area contributed by atoms with E-state index in [4.69, 9.17) is 0 Å². The second-order valence-corrected chi connectivity index (χ2v) is 5.54. The zero-order valence-electron chi connectivity index (χ0n) is 12.8. The van der Waals surface area contributed by atoms with Gasteiger partial charge in [0.2, 0.25) is 0 Å². The molecule has 110 valence electrons. The molecular formula is C21H20O. The van der Waals surface area contributed by atoms with E-state index in [2.05, 4.69) is 55.5 Å². The molecule has 3 aromatic carbocycles. The highest BCUT2D eigenvalue weighted by molar-refractivity contribution is 5.75. The quantitative estimate of drug-likeness (QED) is 0.655. The van der Waals surface area contributed by atoms with Gasteiger partial charge in [-0.15, -0.1) is 0 Å². The Hall–Kier alpha value is -2.54. The molecule has 0 unspecified atom stereocenters. The number of hydrogen-bond acceptors (Lipinski definition) is 1. The molecule has 1 N–H and O–H groups in total. The van der Waals surface area contributed by atoms with E-state index in [9.17, 15) is 5.11 Å². The van der Waals surface area contributed by atoms with Gasteiger partial charge in [0.25, 0.3) is 0 Å². The summed E-state index contributed by atoms with van der Waals surface area (Å²) in [5.41, 5.74) is 5.97. The van der Waals surface area contributed by atoms with Gasteiger partial charge in [0.1, 0.15) is 5.75 Å². The Morgan fingerprint density at radius 2 is 1.45 bits per heavy atom. The van der Waals surface area contributed by atoms with Gasteiger partial charge in [0, 0.05) is 0 Å². The number of rotatable bonds is 4. The predicted molar refractivity (Wildman–Crippen MR) is 93.0 cm³/mol. The molecule has 0 fully saturated rings. The van der Waals surface area contributed by atoms with Crippen molar-refractivity contribution >= 4 is 0 Å². The lowest BCUT2D eigenvalue weighted by molar-refractivity contribution is 0.475. The number of aryl methyl sites for hydroxylation is 1. The first-order valence-corrected chi connectivity index (χ1v) is 7.75. The normalized spacial score (nSPS) is 10.6. The summed E-state index contributed by atoms with van der Waals surface area (Å²) < 4.78 is 0. The van der Waals surface area contributed by atoms with Crippen LogP contribution in [0.15, 0.2) is 72.8 Å². The summed E-state index contributed by atoms with van der Waals surface area (Å²) in [5, 5.41) is 9.85. The third-order valence-electron chi connectivity index (χ3n) is 3.89. The van der Waals surface area contributed by atoms with Crippen LogP contribution in [0, 0.1) is 0 Å². The lowest BCUT2D eigenvalue weighted by Crippen LogP contribution is -1.90. The maximum Gasteiger partial charge on any atom is 0.116 e. The zero-order chi connectivity index (χ0) is 15.4. The molecule has 3 aromatic rings. The summed E-state index contributed by atoms with van der Waals surface area (Å²) in [4.78, 5) is 0. The van der Waals surface area contributed by atoms with Gasteiger partial charge in [-0.1, -0.05) is 67.9 Å². The Kier molecular flexibility index (Phi) is 4.24. The number of aromatic hydroxyl groups is 1. The van der Waals surface area contributed by atoms with Crippen LogP contribution in [0.1, 0.15) is 18.9 Å². The van der Waals surface area contributed by atoms with Gasteiger partial charge in [-0.25, -0.2) is 0 Å². The van der Waals surface area contributed by atoms with Crippen molar-refractivity contribution in [3.05, 3.63) is 78.4 Å². The maximum atomic E-state index is 9.85. The van der Waals surface area contributed by atoms with Crippen molar-refractivity contribution in [2.45, 2.75) is 19.8 Å². The average Bonchev–Trinajstić information content (AvgIpc) is 2.58. The Balaban J connectivity index is 2.08. The van der Waals surface area contributed by atoms with Crippen LogP contribution < -0.4 is 0 Å².